The monoisotopic (exact) mass is 216 g/mol. The molecule has 0 amide bonds. The fourth-order valence-corrected chi connectivity index (χ4v) is 1.33. The minimum Gasteiger partial charge on any atom is -0.382 e. The van der Waals surface area contributed by atoms with Crippen LogP contribution in [0.25, 0.3) is 0 Å². The molecule has 0 atom stereocenters. The molecule has 0 spiro atoms. The summed E-state index contributed by atoms with van der Waals surface area (Å²) in [6.07, 6.45) is 6.60. The van der Waals surface area contributed by atoms with E-state index in [9.17, 15) is 4.79 Å². The third-order valence-electron chi connectivity index (χ3n) is 2.25. The Kier molecular flexibility index (Phi) is 11.3. The molecule has 15 heavy (non-hydrogen) atoms. The van der Waals surface area contributed by atoms with Gasteiger partial charge in [-0.2, -0.15) is 0 Å². The van der Waals surface area contributed by atoms with Gasteiger partial charge in [-0.3, -0.25) is 4.79 Å². The van der Waals surface area contributed by atoms with Gasteiger partial charge < -0.3 is 9.47 Å². The standard InChI is InChI=1S/C12H24O3/c1-3-4-5-6-7-8-12(13)11-15-10-9-14-2/h3-11H2,1-2H3. The fourth-order valence-electron chi connectivity index (χ4n) is 1.33. The van der Waals surface area contributed by atoms with E-state index in [-0.39, 0.29) is 12.4 Å². The first-order chi connectivity index (χ1) is 7.31. The van der Waals surface area contributed by atoms with E-state index in [1.807, 2.05) is 0 Å². The Balaban J connectivity index is 3.11. The fraction of sp³-hybridized carbons (Fsp3) is 0.917. The SMILES string of the molecule is CCCCCCCC(=O)COCCOC. The van der Waals surface area contributed by atoms with Gasteiger partial charge in [0.2, 0.25) is 0 Å². The minimum atomic E-state index is 0.211. The molecule has 0 aliphatic rings. The second kappa shape index (κ2) is 11.7. The van der Waals surface area contributed by atoms with Gasteiger partial charge in [0.15, 0.2) is 5.78 Å². The lowest BCUT2D eigenvalue weighted by atomic mass is 10.1. The van der Waals surface area contributed by atoms with Crippen molar-refractivity contribution < 1.29 is 14.3 Å². The molecule has 0 rings (SSSR count). The second-order valence-corrected chi connectivity index (χ2v) is 3.75. The first kappa shape index (κ1) is 14.6. The number of hydrogen-bond donors (Lipinski definition) is 0. The zero-order chi connectivity index (χ0) is 11.4. The summed E-state index contributed by atoms with van der Waals surface area (Å²) in [4.78, 5) is 11.3. The smallest absolute Gasteiger partial charge is 0.158 e. The van der Waals surface area contributed by atoms with E-state index < -0.39 is 0 Å². The normalized spacial score (nSPS) is 10.5. The van der Waals surface area contributed by atoms with Crippen molar-refractivity contribution >= 4 is 5.78 Å². The number of Topliss-reactive ketones (excluding diaryl/α,β-unsaturated/α-hetero) is 1. The number of carbonyl (C=O) groups is 1. The zero-order valence-electron chi connectivity index (χ0n) is 10.1. The van der Waals surface area contributed by atoms with Crippen LogP contribution in [-0.4, -0.2) is 32.7 Å². The van der Waals surface area contributed by atoms with Crippen molar-refractivity contribution in [1.82, 2.24) is 0 Å². The molecule has 0 radical (unpaired) electrons. The van der Waals surface area contributed by atoms with E-state index >= 15 is 0 Å². The van der Waals surface area contributed by atoms with Crippen molar-refractivity contribution in [3.63, 3.8) is 0 Å². The molecule has 0 saturated heterocycles. The van der Waals surface area contributed by atoms with Crippen LogP contribution in [0.1, 0.15) is 45.4 Å². The van der Waals surface area contributed by atoms with E-state index in [2.05, 4.69) is 6.92 Å². The Morgan fingerprint density at radius 1 is 1.07 bits per heavy atom. The lowest BCUT2D eigenvalue weighted by Crippen LogP contribution is -2.11. The maximum atomic E-state index is 11.3. The Bertz CT molecular complexity index is 146. The molecule has 0 saturated carbocycles. The Labute approximate surface area is 93.1 Å². The Morgan fingerprint density at radius 2 is 1.80 bits per heavy atom. The molecular formula is C12H24O3. The number of ketones is 1. The van der Waals surface area contributed by atoms with Crippen LogP contribution in [0.15, 0.2) is 0 Å². The number of methoxy groups -OCH3 is 1. The average molecular weight is 216 g/mol. The maximum absolute atomic E-state index is 11.3. The van der Waals surface area contributed by atoms with Gasteiger partial charge in [-0.25, -0.2) is 0 Å². The highest BCUT2D eigenvalue weighted by Gasteiger charge is 2.01. The molecule has 3 heteroatoms. The molecule has 0 N–H and O–H groups in total. The Hall–Kier alpha value is -0.410. The third-order valence-corrected chi connectivity index (χ3v) is 2.25. The largest absolute Gasteiger partial charge is 0.382 e. The van der Waals surface area contributed by atoms with Gasteiger partial charge in [0.25, 0.3) is 0 Å². The van der Waals surface area contributed by atoms with Crippen molar-refractivity contribution in [2.45, 2.75) is 45.4 Å². The molecule has 0 heterocycles. The number of unbranched alkanes of at least 4 members (excludes halogenated alkanes) is 4. The van der Waals surface area contributed by atoms with Crippen LogP contribution in [0.3, 0.4) is 0 Å². The maximum Gasteiger partial charge on any atom is 0.158 e. The zero-order valence-corrected chi connectivity index (χ0v) is 10.1. The number of hydrogen-bond acceptors (Lipinski definition) is 3. The summed E-state index contributed by atoms with van der Waals surface area (Å²) in [7, 11) is 1.62. The molecule has 0 aliphatic carbocycles. The van der Waals surface area contributed by atoms with Crippen molar-refractivity contribution in [2.75, 3.05) is 26.9 Å². The highest BCUT2D eigenvalue weighted by atomic mass is 16.5. The van der Waals surface area contributed by atoms with Gasteiger partial charge in [0, 0.05) is 13.5 Å². The quantitative estimate of drug-likeness (QED) is 0.498. The van der Waals surface area contributed by atoms with Crippen LogP contribution in [-0.2, 0) is 14.3 Å². The third kappa shape index (κ3) is 11.5. The van der Waals surface area contributed by atoms with Gasteiger partial charge in [-0.1, -0.05) is 32.6 Å². The van der Waals surface area contributed by atoms with E-state index in [1.165, 1.54) is 19.3 Å². The van der Waals surface area contributed by atoms with E-state index in [0.717, 1.165) is 12.8 Å². The van der Waals surface area contributed by atoms with Crippen LogP contribution in [0.4, 0.5) is 0 Å². The molecule has 90 valence electrons. The van der Waals surface area contributed by atoms with Crippen molar-refractivity contribution in [3.8, 4) is 0 Å². The minimum absolute atomic E-state index is 0.211. The lowest BCUT2D eigenvalue weighted by Gasteiger charge is -2.03. The van der Waals surface area contributed by atoms with Crippen LogP contribution >= 0.6 is 0 Å². The van der Waals surface area contributed by atoms with Crippen LogP contribution in [0.2, 0.25) is 0 Å². The molecule has 0 aromatic carbocycles. The van der Waals surface area contributed by atoms with Gasteiger partial charge in [-0.05, 0) is 6.42 Å². The first-order valence-corrected chi connectivity index (χ1v) is 5.89. The Morgan fingerprint density at radius 3 is 2.47 bits per heavy atom. The van der Waals surface area contributed by atoms with Gasteiger partial charge in [0.1, 0.15) is 6.61 Å². The molecule has 0 unspecified atom stereocenters. The average Bonchev–Trinajstić information content (AvgIpc) is 2.24. The summed E-state index contributed by atoms with van der Waals surface area (Å²) in [5.41, 5.74) is 0. The summed E-state index contributed by atoms with van der Waals surface area (Å²) in [5.74, 6) is 0.211. The molecule has 3 nitrogen and oxygen atoms in total. The predicted molar refractivity (Wildman–Crippen MR) is 61.1 cm³/mol. The predicted octanol–water partition coefficient (Wildman–Crippen LogP) is 2.58. The highest BCUT2D eigenvalue weighted by Crippen LogP contribution is 2.05. The number of ether oxygens (including phenoxy) is 2. The topological polar surface area (TPSA) is 35.5 Å². The number of carbonyl (C=O) groups excluding carboxylic acids is 1. The lowest BCUT2D eigenvalue weighted by molar-refractivity contribution is -0.124. The summed E-state index contributed by atoms with van der Waals surface area (Å²) in [6, 6.07) is 0. The van der Waals surface area contributed by atoms with E-state index in [4.69, 9.17) is 9.47 Å². The molecule has 0 fully saturated rings. The summed E-state index contributed by atoms with van der Waals surface area (Å²) in [5, 5.41) is 0. The number of rotatable bonds is 11. The van der Waals surface area contributed by atoms with Crippen LogP contribution in [0.5, 0.6) is 0 Å². The second-order valence-electron chi connectivity index (χ2n) is 3.75. The van der Waals surface area contributed by atoms with Crippen molar-refractivity contribution in [3.05, 3.63) is 0 Å². The van der Waals surface area contributed by atoms with Gasteiger partial charge >= 0.3 is 0 Å². The van der Waals surface area contributed by atoms with Crippen molar-refractivity contribution in [1.29, 1.82) is 0 Å². The molecule has 0 bridgehead atoms. The highest BCUT2D eigenvalue weighted by molar-refractivity contribution is 5.79. The van der Waals surface area contributed by atoms with E-state index in [1.54, 1.807) is 7.11 Å². The van der Waals surface area contributed by atoms with Crippen LogP contribution < -0.4 is 0 Å². The molecule has 0 aromatic rings. The summed E-state index contributed by atoms with van der Waals surface area (Å²) in [6.45, 7) is 3.51. The first-order valence-electron chi connectivity index (χ1n) is 5.89. The molecule has 0 aliphatic heterocycles. The van der Waals surface area contributed by atoms with Gasteiger partial charge in [0.05, 0.1) is 13.2 Å². The molecule has 0 aromatic heterocycles. The van der Waals surface area contributed by atoms with Crippen LogP contribution in [0, 0.1) is 0 Å². The summed E-state index contributed by atoms with van der Waals surface area (Å²) >= 11 is 0. The van der Waals surface area contributed by atoms with Gasteiger partial charge in [-0.15, -0.1) is 0 Å². The van der Waals surface area contributed by atoms with Crippen molar-refractivity contribution in [2.24, 2.45) is 0 Å². The van der Waals surface area contributed by atoms with E-state index in [0.29, 0.717) is 19.6 Å². The molecular weight excluding hydrogens is 192 g/mol. The summed E-state index contributed by atoms with van der Waals surface area (Å²) < 4.78 is 9.95.